The van der Waals surface area contributed by atoms with Gasteiger partial charge in [0.25, 0.3) is 5.92 Å². The highest BCUT2D eigenvalue weighted by molar-refractivity contribution is 4.94. The maximum atomic E-state index is 12.7. The van der Waals surface area contributed by atoms with Gasteiger partial charge in [-0.2, -0.15) is 0 Å². The monoisotopic (exact) mass is 265 g/mol. The number of rotatable bonds is 6. The van der Waals surface area contributed by atoms with Crippen molar-refractivity contribution in [2.45, 2.75) is 73.7 Å². The van der Waals surface area contributed by atoms with Crippen LogP contribution in [-0.4, -0.2) is 12.5 Å². The molecule has 0 radical (unpaired) electrons. The average Bonchev–Trinajstić information content (AvgIpc) is 2.39. The molecule has 0 saturated heterocycles. The summed E-state index contributed by atoms with van der Waals surface area (Å²) < 4.78 is 25.5. The Labute approximate surface area is 113 Å². The lowest BCUT2D eigenvalue weighted by Crippen LogP contribution is -2.23. The Kier molecular flexibility index (Phi) is 16.4. The number of hydrogen-bond acceptors (Lipinski definition) is 1. The molecule has 2 N–H and O–H groups in total. The minimum atomic E-state index is -2.65. The van der Waals surface area contributed by atoms with Gasteiger partial charge in [-0.15, -0.1) is 0 Å². The van der Waals surface area contributed by atoms with Crippen molar-refractivity contribution in [2.75, 3.05) is 6.54 Å². The van der Waals surface area contributed by atoms with Gasteiger partial charge in [-0.05, 0) is 30.9 Å². The molecule has 0 aliphatic carbocycles. The number of hydrogen-bond donors (Lipinski definition) is 1. The zero-order valence-electron chi connectivity index (χ0n) is 13.3. The fourth-order valence-electron chi connectivity index (χ4n) is 0.950. The Morgan fingerprint density at radius 1 is 1.06 bits per heavy atom. The summed E-state index contributed by atoms with van der Waals surface area (Å²) in [7, 11) is 0. The predicted molar refractivity (Wildman–Crippen MR) is 79.1 cm³/mol. The van der Waals surface area contributed by atoms with E-state index in [0.717, 1.165) is 12.5 Å². The van der Waals surface area contributed by atoms with Gasteiger partial charge in [0.15, 0.2) is 0 Å². The Morgan fingerprint density at radius 2 is 1.50 bits per heavy atom. The van der Waals surface area contributed by atoms with Gasteiger partial charge in [0.2, 0.25) is 0 Å². The molecule has 0 spiro atoms. The minimum Gasteiger partial charge on any atom is -0.330 e. The van der Waals surface area contributed by atoms with Crippen LogP contribution in [-0.2, 0) is 0 Å². The lowest BCUT2D eigenvalue weighted by atomic mass is 9.88. The van der Waals surface area contributed by atoms with Crippen LogP contribution in [0.25, 0.3) is 0 Å². The third-order valence-corrected chi connectivity index (χ3v) is 2.37. The van der Waals surface area contributed by atoms with E-state index in [1.54, 1.807) is 6.08 Å². The summed E-state index contributed by atoms with van der Waals surface area (Å²) in [4.78, 5) is 0. The fraction of sp³-hybridized carbons (Fsp3) is 0.867. The molecule has 0 fully saturated rings. The Balaban J connectivity index is -0.000000506. The molecule has 3 heteroatoms. The zero-order valence-corrected chi connectivity index (χ0v) is 13.3. The van der Waals surface area contributed by atoms with Crippen LogP contribution in [0.15, 0.2) is 12.2 Å². The summed E-state index contributed by atoms with van der Waals surface area (Å²) in [5, 5.41) is 0. The van der Waals surface area contributed by atoms with Gasteiger partial charge in [0, 0.05) is 6.42 Å². The maximum absolute atomic E-state index is 12.7. The summed E-state index contributed by atoms with van der Waals surface area (Å²) in [6.07, 6.45) is 3.93. The van der Waals surface area contributed by atoms with Crippen LogP contribution in [0.4, 0.5) is 8.78 Å². The fourth-order valence-corrected chi connectivity index (χ4v) is 0.950. The summed E-state index contributed by atoms with van der Waals surface area (Å²) in [6, 6.07) is 0. The molecule has 0 heterocycles. The number of halogens is 2. The van der Waals surface area contributed by atoms with Crippen molar-refractivity contribution < 1.29 is 8.78 Å². The third kappa shape index (κ3) is 15.6. The molecule has 112 valence electrons. The second kappa shape index (κ2) is 13.0. The molecule has 0 aromatic heterocycles. The van der Waals surface area contributed by atoms with Crippen molar-refractivity contribution in [3.63, 3.8) is 0 Å². The molecule has 0 bridgehead atoms. The first-order chi connectivity index (χ1) is 8.33. The van der Waals surface area contributed by atoms with E-state index in [1.807, 2.05) is 41.5 Å². The van der Waals surface area contributed by atoms with E-state index in [1.165, 1.54) is 6.92 Å². The molecular weight excluding hydrogens is 232 g/mol. The standard InChI is InChI=1S/C11H21F2N.2C2H6/c1-4-11(12,13)8-6-5-7-10(2,3)9-14;2*1-2/h6,8H,4-5,7,9,14H2,1-3H3;2*1-2H3/b8-6+;;. The molecule has 0 unspecified atom stereocenters. The van der Waals surface area contributed by atoms with E-state index in [0.29, 0.717) is 13.0 Å². The third-order valence-electron chi connectivity index (χ3n) is 2.37. The van der Waals surface area contributed by atoms with Gasteiger partial charge >= 0.3 is 0 Å². The highest BCUT2D eigenvalue weighted by atomic mass is 19.3. The number of allylic oxidation sites excluding steroid dienone is 2. The Bertz CT molecular complexity index is 187. The second-order valence-electron chi connectivity index (χ2n) is 4.42. The van der Waals surface area contributed by atoms with E-state index >= 15 is 0 Å². The van der Waals surface area contributed by atoms with Crippen molar-refractivity contribution in [1.29, 1.82) is 0 Å². The Morgan fingerprint density at radius 3 is 1.83 bits per heavy atom. The zero-order chi connectivity index (χ0) is 15.2. The lowest BCUT2D eigenvalue weighted by molar-refractivity contribution is 0.0507. The van der Waals surface area contributed by atoms with E-state index < -0.39 is 5.92 Å². The first-order valence-electron chi connectivity index (χ1n) is 7.08. The summed E-state index contributed by atoms with van der Waals surface area (Å²) in [5.74, 6) is -2.65. The molecule has 0 aromatic rings. The summed E-state index contributed by atoms with van der Waals surface area (Å²) >= 11 is 0. The molecule has 0 saturated carbocycles. The van der Waals surface area contributed by atoms with Gasteiger partial charge in [0.05, 0.1) is 0 Å². The Hall–Kier alpha value is -0.440. The van der Waals surface area contributed by atoms with Crippen molar-refractivity contribution in [2.24, 2.45) is 11.1 Å². The molecule has 1 nitrogen and oxygen atoms in total. The van der Waals surface area contributed by atoms with Crippen LogP contribution in [0.2, 0.25) is 0 Å². The molecule has 0 amide bonds. The topological polar surface area (TPSA) is 26.0 Å². The van der Waals surface area contributed by atoms with Gasteiger partial charge in [-0.1, -0.05) is 54.5 Å². The van der Waals surface area contributed by atoms with Crippen LogP contribution >= 0.6 is 0 Å². The van der Waals surface area contributed by atoms with E-state index in [4.69, 9.17) is 5.73 Å². The average molecular weight is 265 g/mol. The van der Waals surface area contributed by atoms with Crippen molar-refractivity contribution in [1.82, 2.24) is 0 Å². The molecule has 0 rings (SSSR count). The molecular formula is C15H33F2N. The van der Waals surface area contributed by atoms with E-state index in [2.05, 4.69) is 0 Å². The number of alkyl halides is 2. The summed E-state index contributed by atoms with van der Waals surface area (Å²) in [6.45, 7) is 14.1. The van der Waals surface area contributed by atoms with Crippen LogP contribution in [0.5, 0.6) is 0 Å². The first-order valence-corrected chi connectivity index (χ1v) is 7.08. The number of nitrogens with two attached hydrogens (primary N) is 1. The second-order valence-corrected chi connectivity index (χ2v) is 4.42. The molecule has 18 heavy (non-hydrogen) atoms. The summed E-state index contributed by atoms with van der Waals surface area (Å²) in [5.41, 5.74) is 5.58. The van der Waals surface area contributed by atoms with Crippen LogP contribution in [0.1, 0.15) is 67.7 Å². The highest BCUT2D eigenvalue weighted by Gasteiger charge is 2.21. The maximum Gasteiger partial charge on any atom is 0.266 e. The smallest absolute Gasteiger partial charge is 0.266 e. The van der Waals surface area contributed by atoms with E-state index in [-0.39, 0.29) is 11.8 Å². The van der Waals surface area contributed by atoms with Gasteiger partial charge in [-0.25, -0.2) is 8.78 Å². The van der Waals surface area contributed by atoms with Gasteiger partial charge in [-0.3, -0.25) is 0 Å². The van der Waals surface area contributed by atoms with Crippen molar-refractivity contribution in [3.8, 4) is 0 Å². The van der Waals surface area contributed by atoms with Crippen molar-refractivity contribution >= 4 is 0 Å². The van der Waals surface area contributed by atoms with Crippen LogP contribution in [0.3, 0.4) is 0 Å². The lowest BCUT2D eigenvalue weighted by Gasteiger charge is -2.21. The van der Waals surface area contributed by atoms with E-state index in [9.17, 15) is 8.78 Å². The molecule has 0 aliphatic heterocycles. The minimum absolute atomic E-state index is 0.0475. The van der Waals surface area contributed by atoms with Crippen LogP contribution < -0.4 is 5.73 Å². The quantitative estimate of drug-likeness (QED) is 0.639. The van der Waals surface area contributed by atoms with Gasteiger partial charge in [0.1, 0.15) is 0 Å². The SMILES string of the molecule is CC.CC.CCC(F)(F)/C=C/CCC(C)(C)CN. The molecule has 0 atom stereocenters. The molecule has 0 aromatic carbocycles. The highest BCUT2D eigenvalue weighted by Crippen LogP contribution is 2.23. The van der Waals surface area contributed by atoms with Crippen molar-refractivity contribution in [3.05, 3.63) is 12.2 Å². The van der Waals surface area contributed by atoms with Gasteiger partial charge < -0.3 is 5.73 Å². The van der Waals surface area contributed by atoms with Crippen LogP contribution in [0, 0.1) is 5.41 Å². The normalized spacial score (nSPS) is 11.4. The first kappa shape index (κ1) is 22.7. The predicted octanol–water partition coefficient (Wildman–Crippen LogP) is 5.41. The molecule has 0 aliphatic rings. The largest absolute Gasteiger partial charge is 0.330 e.